The van der Waals surface area contributed by atoms with Gasteiger partial charge in [0, 0.05) is 36.4 Å². The number of thioether (sulfide) groups is 1. The van der Waals surface area contributed by atoms with Gasteiger partial charge in [0.15, 0.2) is 6.29 Å². The molecule has 24 heavy (non-hydrogen) atoms. The van der Waals surface area contributed by atoms with E-state index in [9.17, 15) is 9.90 Å². The van der Waals surface area contributed by atoms with Crippen molar-refractivity contribution in [2.24, 2.45) is 5.92 Å². The molecule has 0 aromatic rings. The zero-order chi connectivity index (χ0) is 17.8. The Labute approximate surface area is 150 Å². The third-order valence-electron chi connectivity index (χ3n) is 4.19. The van der Waals surface area contributed by atoms with Gasteiger partial charge in [-0.25, -0.2) is 0 Å². The summed E-state index contributed by atoms with van der Waals surface area (Å²) in [6.07, 6.45) is 1.85. The van der Waals surface area contributed by atoms with Gasteiger partial charge in [-0.2, -0.15) is 11.8 Å². The van der Waals surface area contributed by atoms with Crippen molar-refractivity contribution in [2.75, 3.05) is 44.7 Å². The maximum Gasteiger partial charge on any atom is 0.222 e. The summed E-state index contributed by atoms with van der Waals surface area (Å²) in [7, 11) is 0. The average molecular weight is 364 g/mol. The summed E-state index contributed by atoms with van der Waals surface area (Å²) in [6, 6.07) is 0.301. The molecule has 0 bridgehead atoms. The standard InChI is InChI=1S/C17H33NO5S/c1-4-14(2)17(20)23-9-8-21-13-22-10-11-24-12-15(3)18-7-5-6-16(18)19/h14-15,17,20H,4-13H2,1-3H3. The first-order valence-corrected chi connectivity index (χ1v) is 10.0. The second kappa shape index (κ2) is 12.9. The van der Waals surface area contributed by atoms with E-state index in [2.05, 4.69) is 6.92 Å². The molecule has 6 nitrogen and oxygen atoms in total. The van der Waals surface area contributed by atoms with E-state index in [1.54, 1.807) is 11.8 Å². The van der Waals surface area contributed by atoms with Crippen molar-refractivity contribution in [1.82, 2.24) is 4.90 Å². The second-order valence-corrected chi connectivity index (χ2v) is 7.35. The van der Waals surface area contributed by atoms with Gasteiger partial charge in [-0.1, -0.05) is 13.8 Å². The predicted molar refractivity (Wildman–Crippen MR) is 95.9 cm³/mol. The minimum atomic E-state index is -0.722. The third kappa shape index (κ3) is 8.67. The number of likely N-dealkylation sites (tertiary alicyclic amines) is 1. The summed E-state index contributed by atoms with van der Waals surface area (Å²) in [5, 5.41) is 9.62. The lowest BCUT2D eigenvalue weighted by Gasteiger charge is -2.23. The van der Waals surface area contributed by atoms with E-state index in [1.807, 2.05) is 18.7 Å². The van der Waals surface area contributed by atoms with Crippen LogP contribution in [0.5, 0.6) is 0 Å². The molecular formula is C17H33NO5S. The van der Waals surface area contributed by atoms with Crippen LogP contribution < -0.4 is 0 Å². The first-order valence-electron chi connectivity index (χ1n) is 8.88. The van der Waals surface area contributed by atoms with Crippen molar-refractivity contribution < 1.29 is 24.1 Å². The van der Waals surface area contributed by atoms with Crippen LogP contribution in [0, 0.1) is 5.92 Å². The molecule has 1 amide bonds. The van der Waals surface area contributed by atoms with Gasteiger partial charge in [0.1, 0.15) is 6.79 Å². The average Bonchev–Trinajstić information content (AvgIpc) is 3.01. The molecule has 1 N–H and O–H groups in total. The van der Waals surface area contributed by atoms with Crippen LogP contribution in [0.25, 0.3) is 0 Å². The molecule has 0 aromatic carbocycles. The molecule has 1 aliphatic heterocycles. The molecule has 0 saturated carbocycles. The minimum absolute atomic E-state index is 0.136. The van der Waals surface area contributed by atoms with Gasteiger partial charge in [-0.15, -0.1) is 0 Å². The summed E-state index contributed by atoms with van der Waals surface area (Å²) in [4.78, 5) is 13.6. The summed E-state index contributed by atoms with van der Waals surface area (Å²) in [5.74, 6) is 2.25. The van der Waals surface area contributed by atoms with Gasteiger partial charge in [0.25, 0.3) is 0 Å². The summed E-state index contributed by atoms with van der Waals surface area (Å²) in [6.45, 7) is 8.62. The Hall–Kier alpha value is -0.340. The smallest absolute Gasteiger partial charge is 0.222 e. The Morgan fingerprint density at radius 3 is 2.67 bits per heavy atom. The van der Waals surface area contributed by atoms with Crippen LogP contribution in [0.4, 0.5) is 0 Å². The molecule has 0 radical (unpaired) electrons. The number of hydrogen-bond donors (Lipinski definition) is 1. The number of hydrogen-bond acceptors (Lipinski definition) is 6. The quantitative estimate of drug-likeness (QED) is 0.377. The fraction of sp³-hybridized carbons (Fsp3) is 0.941. The Morgan fingerprint density at radius 1 is 1.25 bits per heavy atom. The summed E-state index contributed by atoms with van der Waals surface area (Å²) in [5.41, 5.74) is 0. The number of nitrogens with zero attached hydrogens (tertiary/aromatic N) is 1. The molecule has 0 aliphatic carbocycles. The lowest BCUT2D eigenvalue weighted by molar-refractivity contribution is -0.150. The van der Waals surface area contributed by atoms with Crippen LogP contribution in [0.1, 0.15) is 40.0 Å². The molecule has 1 saturated heterocycles. The first-order chi connectivity index (χ1) is 11.6. The highest BCUT2D eigenvalue weighted by Crippen LogP contribution is 2.16. The van der Waals surface area contributed by atoms with Crippen LogP contribution >= 0.6 is 11.8 Å². The van der Waals surface area contributed by atoms with Crippen molar-refractivity contribution >= 4 is 17.7 Å². The number of rotatable bonds is 14. The lowest BCUT2D eigenvalue weighted by Crippen LogP contribution is -2.35. The van der Waals surface area contributed by atoms with E-state index in [4.69, 9.17) is 14.2 Å². The van der Waals surface area contributed by atoms with Crippen LogP contribution in [-0.4, -0.2) is 72.9 Å². The zero-order valence-electron chi connectivity index (χ0n) is 15.2. The van der Waals surface area contributed by atoms with E-state index in [-0.39, 0.29) is 18.6 Å². The summed E-state index contributed by atoms with van der Waals surface area (Å²) >= 11 is 1.80. The molecule has 0 aromatic heterocycles. The van der Waals surface area contributed by atoms with Crippen LogP contribution in [0.2, 0.25) is 0 Å². The third-order valence-corrected chi connectivity index (χ3v) is 5.36. The van der Waals surface area contributed by atoms with Crippen molar-refractivity contribution in [3.05, 3.63) is 0 Å². The van der Waals surface area contributed by atoms with Gasteiger partial charge in [-0.3, -0.25) is 4.79 Å². The monoisotopic (exact) mass is 363 g/mol. The van der Waals surface area contributed by atoms with Gasteiger partial charge in [0.05, 0.1) is 19.8 Å². The van der Waals surface area contributed by atoms with E-state index in [0.29, 0.717) is 32.3 Å². The summed E-state index contributed by atoms with van der Waals surface area (Å²) < 4.78 is 16.0. The molecular weight excluding hydrogens is 330 g/mol. The highest BCUT2D eigenvalue weighted by molar-refractivity contribution is 7.99. The molecule has 1 aliphatic rings. The normalized spacial score (nSPS) is 18.8. The fourth-order valence-corrected chi connectivity index (χ4v) is 3.29. The highest BCUT2D eigenvalue weighted by atomic mass is 32.2. The Morgan fingerprint density at radius 2 is 2.00 bits per heavy atom. The molecule has 3 atom stereocenters. The number of aliphatic hydroxyl groups excluding tert-OH is 1. The Bertz CT molecular complexity index is 345. The second-order valence-electron chi connectivity index (χ2n) is 6.20. The number of carbonyl (C=O) groups excluding carboxylic acids is 1. The SMILES string of the molecule is CCC(C)C(O)OCCOCOCCSCC(C)N1CCCC1=O. The van der Waals surface area contributed by atoms with Gasteiger partial charge < -0.3 is 24.2 Å². The number of aliphatic hydroxyl groups is 1. The van der Waals surface area contributed by atoms with Gasteiger partial charge in [-0.05, 0) is 19.8 Å². The predicted octanol–water partition coefficient (Wildman–Crippen LogP) is 2.10. The molecule has 1 fully saturated rings. The van der Waals surface area contributed by atoms with Crippen LogP contribution in [0.3, 0.4) is 0 Å². The molecule has 7 heteroatoms. The van der Waals surface area contributed by atoms with Crippen molar-refractivity contribution in [2.45, 2.75) is 52.4 Å². The topological polar surface area (TPSA) is 68.2 Å². The highest BCUT2D eigenvalue weighted by Gasteiger charge is 2.24. The van der Waals surface area contributed by atoms with Crippen molar-refractivity contribution in [3.63, 3.8) is 0 Å². The van der Waals surface area contributed by atoms with Crippen LogP contribution in [0.15, 0.2) is 0 Å². The maximum absolute atomic E-state index is 11.6. The van der Waals surface area contributed by atoms with Gasteiger partial charge in [0.2, 0.25) is 5.91 Å². The number of ether oxygens (including phenoxy) is 3. The molecule has 0 spiro atoms. The molecule has 142 valence electrons. The van der Waals surface area contributed by atoms with E-state index < -0.39 is 6.29 Å². The fourth-order valence-electron chi connectivity index (χ4n) is 2.37. The number of amides is 1. The Balaban J connectivity index is 1.86. The van der Waals surface area contributed by atoms with Crippen molar-refractivity contribution in [3.8, 4) is 0 Å². The lowest BCUT2D eigenvalue weighted by atomic mass is 10.1. The molecule has 3 unspecified atom stereocenters. The minimum Gasteiger partial charge on any atom is -0.368 e. The van der Waals surface area contributed by atoms with Gasteiger partial charge >= 0.3 is 0 Å². The van der Waals surface area contributed by atoms with E-state index in [1.165, 1.54) is 0 Å². The van der Waals surface area contributed by atoms with E-state index in [0.717, 1.165) is 30.9 Å². The van der Waals surface area contributed by atoms with Crippen LogP contribution in [-0.2, 0) is 19.0 Å². The largest absolute Gasteiger partial charge is 0.368 e. The molecule has 1 heterocycles. The first kappa shape index (κ1) is 21.7. The molecule has 1 rings (SSSR count). The van der Waals surface area contributed by atoms with E-state index >= 15 is 0 Å². The number of carbonyl (C=O) groups is 1. The van der Waals surface area contributed by atoms with Crippen molar-refractivity contribution in [1.29, 1.82) is 0 Å². The maximum atomic E-state index is 11.6. The Kier molecular flexibility index (Phi) is 11.7. The zero-order valence-corrected chi connectivity index (χ0v) is 16.1.